The number of nitrogens with one attached hydrogen (secondary N) is 1. The predicted octanol–water partition coefficient (Wildman–Crippen LogP) is 2.56. The standard InChI is InChI=1S/C22H25N2O2PS/c1-22(2)18-24(28(25,26)23-22)27(19-12-6-3-7-13-19,20-14-8-4-9-15-20)21-16-10-5-11-17-21/h3-17,23,27H,18H2,1-2H3. The van der Waals surface area contributed by atoms with Crippen molar-refractivity contribution in [3.63, 3.8) is 0 Å². The van der Waals surface area contributed by atoms with E-state index in [1.165, 1.54) is 0 Å². The average Bonchev–Trinajstić information content (AvgIpc) is 2.92. The molecule has 3 aromatic carbocycles. The van der Waals surface area contributed by atoms with Crippen LogP contribution in [0.1, 0.15) is 13.8 Å². The molecular weight excluding hydrogens is 387 g/mol. The van der Waals surface area contributed by atoms with E-state index in [0.29, 0.717) is 6.54 Å². The number of benzene rings is 3. The molecule has 0 spiro atoms. The van der Waals surface area contributed by atoms with Crippen LogP contribution in [-0.2, 0) is 10.2 Å². The van der Waals surface area contributed by atoms with E-state index in [9.17, 15) is 8.42 Å². The third-order valence-electron chi connectivity index (χ3n) is 5.18. The SMILES string of the molecule is CC1(C)CN([PH](c2ccccc2)(c2ccccc2)c2ccccc2)S(=O)(=O)N1. The van der Waals surface area contributed by atoms with Gasteiger partial charge in [0.1, 0.15) is 0 Å². The van der Waals surface area contributed by atoms with E-state index in [4.69, 9.17) is 0 Å². The molecule has 0 radical (unpaired) electrons. The molecule has 0 bridgehead atoms. The summed E-state index contributed by atoms with van der Waals surface area (Å²) in [6, 6.07) is 30.2. The summed E-state index contributed by atoms with van der Waals surface area (Å²) < 4.78 is 31.4. The fraction of sp³-hybridized carbons (Fsp3) is 0.182. The minimum atomic E-state index is -3.65. The van der Waals surface area contributed by atoms with Crippen LogP contribution < -0.4 is 20.6 Å². The summed E-state index contributed by atoms with van der Waals surface area (Å²) in [6.45, 7) is 4.29. The van der Waals surface area contributed by atoms with Crippen LogP contribution in [-0.4, -0.2) is 24.6 Å². The molecule has 0 saturated carbocycles. The van der Waals surface area contributed by atoms with Crippen LogP contribution in [0.4, 0.5) is 0 Å². The van der Waals surface area contributed by atoms with Crippen LogP contribution in [0.3, 0.4) is 0 Å². The average molecular weight is 412 g/mol. The summed E-state index contributed by atoms with van der Waals surface area (Å²) in [7, 11) is -6.68. The molecule has 1 aliphatic heterocycles. The molecule has 146 valence electrons. The van der Waals surface area contributed by atoms with Gasteiger partial charge in [-0.3, -0.25) is 0 Å². The number of hydrogen-bond donors (Lipinski definition) is 1. The number of nitrogens with zero attached hydrogens (tertiary/aromatic N) is 1. The van der Waals surface area contributed by atoms with Gasteiger partial charge in [0, 0.05) is 0 Å². The van der Waals surface area contributed by atoms with Gasteiger partial charge >= 0.3 is 168 Å². The summed E-state index contributed by atoms with van der Waals surface area (Å²) in [4.78, 5) is 0. The molecule has 28 heavy (non-hydrogen) atoms. The summed E-state index contributed by atoms with van der Waals surface area (Å²) in [5, 5.41) is 3.15. The molecule has 4 nitrogen and oxygen atoms in total. The molecule has 0 amide bonds. The third kappa shape index (κ3) is 3.19. The van der Waals surface area contributed by atoms with Crippen LogP contribution in [0.25, 0.3) is 0 Å². The van der Waals surface area contributed by atoms with E-state index < -0.39 is 23.2 Å². The number of rotatable bonds is 4. The zero-order chi connectivity index (χ0) is 19.8. The number of hydrogen-bond acceptors (Lipinski definition) is 2. The van der Waals surface area contributed by atoms with E-state index in [1.807, 2.05) is 68.4 Å². The van der Waals surface area contributed by atoms with Crippen molar-refractivity contribution in [1.82, 2.24) is 8.80 Å². The maximum atomic E-state index is 13.4. The topological polar surface area (TPSA) is 49.4 Å². The zero-order valence-corrected chi connectivity index (χ0v) is 17.9. The van der Waals surface area contributed by atoms with Crippen LogP contribution in [0, 0.1) is 0 Å². The Labute approximate surface area is 167 Å². The van der Waals surface area contributed by atoms with Crippen molar-refractivity contribution in [2.75, 3.05) is 6.54 Å². The molecule has 0 aliphatic carbocycles. The maximum absolute atomic E-state index is 13.4. The summed E-state index contributed by atoms with van der Waals surface area (Å²) in [5.74, 6) is 0. The van der Waals surface area contributed by atoms with Crippen LogP contribution >= 0.6 is 7.41 Å². The Balaban J connectivity index is 2.11. The third-order valence-corrected chi connectivity index (χ3v) is 12.7. The predicted molar refractivity (Wildman–Crippen MR) is 119 cm³/mol. The molecule has 3 aromatic rings. The van der Waals surface area contributed by atoms with Crippen molar-refractivity contribution in [1.29, 1.82) is 0 Å². The van der Waals surface area contributed by atoms with Gasteiger partial charge in [0.15, 0.2) is 0 Å². The first-order chi connectivity index (χ1) is 13.4. The molecule has 1 aliphatic rings. The molecule has 0 unspecified atom stereocenters. The minimum absolute atomic E-state index is 0.417. The fourth-order valence-electron chi connectivity index (χ4n) is 4.15. The quantitative estimate of drug-likeness (QED) is 0.670. The monoisotopic (exact) mass is 412 g/mol. The Morgan fingerprint density at radius 1 is 0.750 bits per heavy atom. The van der Waals surface area contributed by atoms with Gasteiger partial charge in [-0.2, -0.15) is 0 Å². The first kappa shape index (κ1) is 19.3. The van der Waals surface area contributed by atoms with Crippen molar-refractivity contribution in [3.8, 4) is 0 Å². The molecule has 1 heterocycles. The Hall–Kier alpha value is -2.04. The van der Waals surface area contributed by atoms with E-state index >= 15 is 0 Å². The van der Waals surface area contributed by atoms with Crippen molar-refractivity contribution < 1.29 is 8.42 Å². The normalized spacial score (nSPS) is 19.4. The van der Waals surface area contributed by atoms with Crippen LogP contribution in [0.15, 0.2) is 91.0 Å². The van der Waals surface area contributed by atoms with Gasteiger partial charge in [-0.1, -0.05) is 0 Å². The second kappa shape index (κ2) is 7.09. The van der Waals surface area contributed by atoms with Crippen molar-refractivity contribution in [3.05, 3.63) is 91.0 Å². The summed E-state index contributed by atoms with van der Waals surface area (Å²) in [5.41, 5.74) is -0.532. The van der Waals surface area contributed by atoms with Crippen molar-refractivity contribution in [2.24, 2.45) is 0 Å². The van der Waals surface area contributed by atoms with Gasteiger partial charge in [0.05, 0.1) is 0 Å². The summed E-state index contributed by atoms with van der Waals surface area (Å²) in [6.07, 6.45) is 0. The Morgan fingerprint density at radius 2 is 1.11 bits per heavy atom. The fourth-order valence-corrected chi connectivity index (χ4v) is 12.6. The van der Waals surface area contributed by atoms with Crippen molar-refractivity contribution in [2.45, 2.75) is 19.4 Å². The molecule has 0 aromatic heterocycles. The first-order valence-electron chi connectivity index (χ1n) is 9.35. The van der Waals surface area contributed by atoms with E-state index in [0.717, 1.165) is 15.9 Å². The van der Waals surface area contributed by atoms with Gasteiger partial charge in [-0.25, -0.2) is 0 Å². The van der Waals surface area contributed by atoms with E-state index in [1.54, 1.807) is 4.08 Å². The Bertz CT molecular complexity index is 959. The molecule has 1 saturated heterocycles. The van der Waals surface area contributed by atoms with Gasteiger partial charge in [0.2, 0.25) is 0 Å². The zero-order valence-electron chi connectivity index (χ0n) is 16.0. The Morgan fingerprint density at radius 3 is 1.39 bits per heavy atom. The molecule has 1 fully saturated rings. The molecule has 6 heteroatoms. The van der Waals surface area contributed by atoms with E-state index in [2.05, 4.69) is 41.1 Å². The van der Waals surface area contributed by atoms with Gasteiger partial charge < -0.3 is 0 Å². The molecule has 1 N–H and O–H groups in total. The van der Waals surface area contributed by atoms with E-state index in [-0.39, 0.29) is 0 Å². The second-order valence-electron chi connectivity index (χ2n) is 7.81. The molecular formula is C22H25N2O2PS. The second-order valence-corrected chi connectivity index (χ2v) is 13.4. The summed E-state index contributed by atoms with van der Waals surface area (Å²) >= 11 is 0. The van der Waals surface area contributed by atoms with Crippen LogP contribution in [0.2, 0.25) is 0 Å². The van der Waals surface area contributed by atoms with Gasteiger partial charge in [-0.15, -0.1) is 0 Å². The molecule has 4 rings (SSSR count). The van der Waals surface area contributed by atoms with Gasteiger partial charge in [0.25, 0.3) is 0 Å². The Kier molecular flexibility index (Phi) is 4.88. The first-order valence-corrected chi connectivity index (χ1v) is 12.7. The van der Waals surface area contributed by atoms with Crippen molar-refractivity contribution >= 4 is 33.5 Å². The van der Waals surface area contributed by atoms with Gasteiger partial charge in [-0.05, 0) is 0 Å². The molecule has 0 atom stereocenters. The van der Waals surface area contributed by atoms with Crippen LogP contribution in [0.5, 0.6) is 0 Å².